The third-order valence-corrected chi connectivity index (χ3v) is 2.37. The lowest BCUT2D eigenvalue weighted by Gasteiger charge is -2.23. The lowest BCUT2D eigenvalue weighted by Crippen LogP contribution is -2.23. The van der Waals surface area contributed by atoms with E-state index in [1.807, 2.05) is 18.2 Å². The van der Waals surface area contributed by atoms with Crippen molar-refractivity contribution in [1.82, 2.24) is 0 Å². The van der Waals surface area contributed by atoms with E-state index in [9.17, 15) is 10.2 Å². The van der Waals surface area contributed by atoms with Crippen molar-refractivity contribution in [2.45, 2.75) is 12.2 Å². The number of fused-ring (bicyclic) bond motifs is 1. The van der Waals surface area contributed by atoms with Crippen LogP contribution in [0, 0.1) is 11.3 Å². The molecule has 0 saturated heterocycles. The number of aliphatic hydroxyl groups is 2. The predicted octanol–water partition coefficient (Wildman–Crippen LogP) is 1.00. The molecule has 0 fully saturated rings. The molecular formula is C11H9NO2. The maximum absolute atomic E-state index is 9.69. The molecule has 1 aromatic carbocycles. The van der Waals surface area contributed by atoms with Crippen LogP contribution in [-0.2, 0) is 0 Å². The second-order valence-corrected chi connectivity index (χ2v) is 3.23. The van der Waals surface area contributed by atoms with E-state index in [1.165, 1.54) is 0 Å². The molecule has 0 heterocycles. The smallest absolute Gasteiger partial charge is 0.119 e. The van der Waals surface area contributed by atoms with Gasteiger partial charge in [-0.25, -0.2) is 0 Å². The van der Waals surface area contributed by atoms with Crippen LogP contribution >= 0.6 is 0 Å². The van der Waals surface area contributed by atoms with E-state index in [1.54, 1.807) is 18.2 Å². The van der Waals surface area contributed by atoms with Gasteiger partial charge >= 0.3 is 0 Å². The summed E-state index contributed by atoms with van der Waals surface area (Å²) >= 11 is 0. The lowest BCUT2D eigenvalue weighted by molar-refractivity contribution is 0.0424. The van der Waals surface area contributed by atoms with Crippen LogP contribution in [0.1, 0.15) is 17.2 Å². The van der Waals surface area contributed by atoms with Crippen LogP contribution in [0.15, 0.2) is 29.8 Å². The molecule has 1 aliphatic carbocycles. The van der Waals surface area contributed by atoms with Crippen LogP contribution in [0.2, 0.25) is 0 Å². The Morgan fingerprint density at radius 2 is 1.86 bits per heavy atom. The standard InChI is InChI=1S/C11H9NO2/c12-6-8-5-7-3-1-2-4-9(7)11(14)10(8)13/h1-5,10-11,13-14H/t10-,11+/m1/s1. The Labute approximate surface area is 81.5 Å². The molecular weight excluding hydrogens is 178 g/mol. The van der Waals surface area contributed by atoms with Crippen molar-refractivity contribution >= 4 is 6.08 Å². The second kappa shape index (κ2) is 3.26. The third-order valence-electron chi connectivity index (χ3n) is 2.37. The van der Waals surface area contributed by atoms with Crippen molar-refractivity contribution in [2.24, 2.45) is 0 Å². The summed E-state index contributed by atoms with van der Waals surface area (Å²) in [4.78, 5) is 0. The largest absolute Gasteiger partial charge is 0.385 e. The first-order valence-electron chi connectivity index (χ1n) is 4.31. The quantitative estimate of drug-likeness (QED) is 0.636. The summed E-state index contributed by atoms with van der Waals surface area (Å²) < 4.78 is 0. The Bertz CT molecular complexity index is 431. The fourth-order valence-corrected chi connectivity index (χ4v) is 1.60. The summed E-state index contributed by atoms with van der Waals surface area (Å²) in [5.41, 5.74) is 1.66. The molecule has 0 spiro atoms. The highest BCUT2D eigenvalue weighted by Crippen LogP contribution is 2.31. The molecule has 2 atom stereocenters. The summed E-state index contributed by atoms with van der Waals surface area (Å²) in [7, 11) is 0. The van der Waals surface area contributed by atoms with Gasteiger partial charge in [0.2, 0.25) is 0 Å². The number of nitriles is 1. The van der Waals surface area contributed by atoms with Gasteiger partial charge in [0.25, 0.3) is 0 Å². The van der Waals surface area contributed by atoms with Crippen LogP contribution in [0.25, 0.3) is 6.08 Å². The molecule has 0 saturated carbocycles. The molecule has 1 aliphatic rings. The summed E-state index contributed by atoms with van der Waals surface area (Å²) in [5, 5.41) is 27.9. The SMILES string of the molecule is N#CC1=Cc2ccccc2[C@H](O)[C@@H]1O. The van der Waals surface area contributed by atoms with E-state index in [0.717, 1.165) is 5.56 Å². The van der Waals surface area contributed by atoms with Crippen molar-refractivity contribution in [1.29, 1.82) is 5.26 Å². The Morgan fingerprint density at radius 1 is 1.14 bits per heavy atom. The Kier molecular flexibility index (Phi) is 2.08. The monoisotopic (exact) mass is 187 g/mol. The molecule has 0 bridgehead atoms. The predicted molar refractivity (Wildman–Crippen MR) is 51.0 cm³/mol. The van der Waals surface area contributed by atoms with Gasteiger partial charge in [-0.05, 0) is 17.2 Å². The maximum atomic E-state index is 9.69. The minimum Gasteiger partial charge on any atom is -0.385 e. The van der Waals surface area contributed by atoms with Gasteiger partial charge in [-0.2, -0.15) is 5.26 Å². The normalized spacial score (nSPS) is 24.8. The van der Waals surface area contributed by atoms with E-state index in [4.69, 9.17) is 5.26 Å². The van der Waals surface area contributed by atoms with Gasteiger partial charge in [0.05, 0.1) is 11.6 Å². The zero-order valence-electron chi connectivity index (χ0n) is 7.38. The molecule has 0 aliphatic heterocycles. The van der Waals surface area contributed by atoms with E-state index < -0.39 is 12.2 Å². The third kappa shape index (κ3) is 1.22. The Morgan fingerprint density at radius 3 is 2.57 bits per heavy atom. The summed E-state index contributed by atoms with van der Waals surface area (Å²) in [6, 6.07) is 9.05. The summed E-state index contributed by atoms with van der Waals surface area (Å²) in [6.45, 7) is 0. The van der Waals surface area contributed by atoms with Gasteiger partial charge in [0.1, 0.15) is 12.2 Å². The number of hydrogen-bond acceptors (Lipinski definition) is 3. The van der Waals surface area contributed by atoms with Gasteiger partial charge in [0, 0.05) is 0 Å². The molecule has 0 amide bonds. The molecule has 3 nitrogen and oxygen atoms in total. The highest BCUT2D eigenvalue weighted by molar-refractivity contribution is 5.65. The Balaban J connectivity index is 2.59. The van der Waals surface area contributed by atoms with Crippen LogP contribution < -0.4 is 0 Å². The average molecular weight is 187 g/mol. The molecule has 0 unspecified atom stereocenters. The van der Waals surface area contributed by atoms with Crippen LogP contribution in [0.4, 0.5) is 0 Å². The number of nitrogens with zero attached hydrogens (tertiary/aromatic N) is 1. The van der Waals surface area contributed by atoms with Crippen molar-refractivity contribution in [3.8, 4) is 6.07 Å². The van der Waals surface area contributed by atoms with Crippen molar-refractivity contribution < 1.29 is 10.2 Å². The summed E-state index contributed by atoms with van der Waals surface area (Å²) in [6.07, 6.45) is -0.493. The minimum absolute atomic E-state index is 0.205. The van der Waals surface area contributed by atoms with Crippen LogP contribution in [0.5, 0.6) is 0 Å². The fourth-order valence-electron chi connectivity index (χ4n) is 1.60. The molecule has 2 rings (SSSR count). The van der Waals surface area contributed by atoms with E-state index in [-0.39, 0.29) is 5.57 Å². The molecule has 3 heteroatoms. The molecule has 70 valence electrons. The number of hydrogen-bond donors (Lipinski definition) is 2. The van der Waals surface area contributed by atoms with E-state index >= 15 is 0 Å². The van der Waals surface area contributed by atoms with Gasteiger partial charge in [-0.1, -0.05) is 24.3 Å². The van der Waals surface area contributed by atoms with Gasteiger partial charge < -0.3 is 10.2 Å². The topological polar surface area (TPSA) is 64.2 Å². The van der Waals surface area contributed by atoms with Gasteiger partial charge in [-0.15, -0.1) is 0 Å². The molecule has 2 N–H and O–H groups in total. The molecule has 14 heavy (non-hydrogen) atoms. The van der Waals surface area contributed by atoms with Gasteiger partial charge in [-0.3, -0.25) is 0 Å². The van der Waals surface area contributed by atoms with Crippen LogP contribution in [-0.4, -0.2) is 16.3 Å². The first-order valence-corrected chi connectivity index (χ1v) is 4.31. The number of rotatable bonds is 0. The second-order valence-electron chi connectivity index (χ2n) is 3.23. The molecule has 1 aromatic rings. The average Bonchev–Trinajstić information content (AvgIpc) is 2.23. The summed E-state index contributed by atoms with van der Waals surface area (Å²) in [5.74, 6) is 0. The van der Waals surface area contributed by atoms with E-state index in [2.05, 4.69) is 0 Å². The van der Waals surface area contributed by atoms with Gasteiger partial charge in [0.15, 0.2) is 0 Å². The van der Waals surface area contributed by atoms with Crippen molar-refractivity contribution in [2.75, 3.05) is 0 Å². The first-order chi connectivity index (χ1) is 6.74. The first kappa shape index (κ1) is 8.95. The van der Waals surface area contributed by atoms with E-state index in [0.29, 0.717) is 5.56 Å². The maximum Gasteiger partial charge on any atom is 0.119 e. The van der Waals surface area contributed by atoms with Crippen molar-refractivity contribution in [3.63, 3.8) is 0 Å². The highest BCUT2D eigenvalue weighted by Gasteiger charge is 2.27. The Hall–Kier alpha value is -1.63. The highest BCUT2D eigenvalue weighted by atomic mass is 16.3. The van der Waals surface area contributed by atoms with Crippen molar-refractivity contribution in [3.05, 3.63) is 41.0 Å². The zero-order chi connectivity index (χ0) is 10.1. The lowest BCUT2D eigenvalue weighted by atomic mass is 9.88. The molecule has 0 radical (unpaired) electrons. The minimum atomic E-state index is -1.10. The fraction of sp³-hybridized carbons (Fsp3) is 0.182. The zero-order valence-corrected chi connectivity index (χ0v) is 7.38. The number of aliphatic hydroxyl groups excluding tert-OH is 2. The number of benzene rings is 1. The molecule has 0 aromatic heterocycles. The van der Waals surface area contributed by atoms with Crippen LogP contribution in [0.3, 0.4) is 0 Å².